The lowest BCUT2D eigenvalue weighted by molar-refractivity contribution is -0.143. The molecule has 0 aliphatic rings. The van der Waals surface area contributed by atoms with Gasteiger partial charge in [-0.1, -0.05) is 23.7 Å². The van der Waals surface area contributed by atoms with Crippen LogP contribution in [0.3, 0.4) is 0 Å². The lowest BCUT2D eigenvalue weighted by Crippen LogP contribution is -2.20. The van der Waals surface area contributed by atoms with Crippen LogP contribution in [0.4, 0.5) is 18.9 Å². The van der Waals surface area contributed by atoms with Crippen molar-refractivity contribution in [2.45, 2.75) is 12.7 Å². The minimum absolute atomic E-state index is 0.136. The summed E-state index contributed by atoms with van der Waals surface area (Å²) in [7, 11) is 0. The maximum Gasteiger partial charge on any atom is 0.434 e. The summed E-state index contributed by atoms with van der Waals surface area (Å²) in [5.74, 6) is -0.913. The molecular formula is C21H15ClF3N5O. The summed E-state index contributed by atoms with van der Waals surface area (Å²) in [4.78, 5) is 12.7. The normalized spacial score (nSPS) is 11.5. The summed E-state index contributed by atoms with van der Waals surface area (Å²) in [5.41, 5.74) is -0.423. The second-order valence-electron chi connectivity index (χ2n) is 6.65. The van der Waals surface area contributed by atoms with Crippen molar-refractivity contribution in [2.75, 3.05) is 5.32 Å². The van der Waals surface area contributed by atoms with Crippen LogP contribution in [-0.4, -0.2) is 25.5 Å². The summed E-state index contributed by atoms with van der Waals surface area (Å²) in [6.07, 6.45) is -0.472. The second-order valence-corrected chi connectivity index (χ2v) is 7.09. The Balaban J connectivity index is 1.62. The largest absolute Gasteiger partial charge is 0.434 e. The van der Waals surface area contributed by atoms with E-state index in [1.807, 2.05) is 6.07 Å². The number of nitrogens with one attached hydrogen (secondary N) is 1. The molecule has 0 saturated heterocycles. The van der Waals surface area contributed by atoms with Gasteiger partial charge in [0.1, 0.15) is 0 Å². The average molecular weight is 446 g/mol. The maximum absolute atomic E-state index is 13.8. The van der Waals surface area contributed by atoms with Gasteiger partial charge in [0.05, 0.1) is 24.0 Å². The van der Waals surface area contributed by atoms with Gasteiger partial charge in [-0.3, -0.25) is 9.48 Å². The lowest BCUT2D eigenvalue weighted by Gasteiger charge is -2.13. The summed E-state index contributed by atoms with van der Waals surface area (Å²) in [6, 6.07) is 14.3. The van der Waals surface area contributed by atoms with Crippen LogP contribution >= 0.6 is 11.6 Å². The third-order valence-electron chi connectivity index (χ3n) is 4.44. The van der Waals surface area contributed by atoms with E-state index in [4.69, 9.17) is 11.6 Å². The molecule has 1 N–H and O–H groups in total. The molecule has 0 unspecified atom stereocenters. The Morgan fingerprint density at radius 1 is 1.06 bits per heavy atom. The first kappa shape index (κ1) is 20.7. The molecule has 0 atom stereocenters. The number of nitrogens with zero attached hydrogens (tertiary/aromatic N) is 4. The summed E-state index contributed by atoms with van der Waals surface area (Å²) in [5, 5.41) is 10.8. The minimum atomic E-state index is -4.80. The number of halogens is 4. The van der Waals surface area contributed by atoms with Gasteiger partial charge in [0, 0.05) is 23.1 Å². The van der Waals surface area contributed by atoms with Gasteiger partial charge in [-0.15, -0.1) is 0 Å². The predicted octanol–water partition coefficient (Wildman–Crippen LogP) is 5.04. The molecular weight excluding hydrogens is 431 g/mol. The number of hydrogen-bond donors (Lipinski definition) is 1. The Morgan fingerprint density at radius 3 is 2.52 bits per heavy atom. The number of anilines is 1. The molecule has 31 heavy (non-hydrogen) atoms. The molecule has 2 heterocycles. The first-order valence-electron chi connectivity index (χ1n) is 9.10. The van der Waals surface area contributed by atoms with E-state index in [2.05, 4.69) is 15.5 Å². The molecule has 10 heteroatoms. The highest BCUT2D eigenvalue weighted by molar-refractivity contribution is 6.30. The van der Waals surface area contributed by atoms with Crippen LogP contribution in [0.2, 0.25) is 5.02 Å². The first-order valence-corrected chi connectivity index (χ1v) is 9.48. The molecule has 158 valence electrons. The highest BCUT2D eigenvalue weighted by Crippen LogP contribution is 2.34. The smallest absolute Gasteiger partial charge is 0.322 e. The fourth-order valence-electron chi connectivity index (χ4n) is 3.09. The van der Waals surface area contributed by atoms with E-state index >= 15 is 0 Å². The second kappa shape index (κ2) is 8.27. The van der Waals surface area contributed by atoms with Gasteiger partial charge in [-0.2, -0.15) is 23.4 Å². The number of aromatic nitrogens is 4. The van der Waals surface area contributed by atoms with Crippen LogP contribution in [0.25, 0.3) is 5.69 Å². The number of rotatable bonds is 5. The van der Waals surface area contributed by atoms with Crippen molar-refractivity contribution in [1.82, 2.24) is 19.6 Å². The third kappa shape index (κ3) is 4.61. The molecule has 0 aliphatic heterocycles. The number of amides is 1. The highest BCUT2D eigenvalue weighted by Gasteiger charge is 2.40. The molecule has 2 aromatic heterocycles. The first-order chi connectivity index (χ1) is 14.8. The van der Waals surface area contributed by atoms with Crippen molar-refractivity contribution < 1.29 is 18.0 Å². The quantitative estimate of drug-likeness (QED) is 0.468. The molecule has 0 bridgehead atoms. The summed E-state index contributed by atoms with van der Waals surface area (Å²) >= 11 is 5.81. The molecule has 1 amide bonds. The number of carbonyl (C=O) groups excluding carboxylic acids is 1. The zero-order chi connectivity index (χ0) is 22.0. The van der Waals surface area contributed by atoms with Crippen LogP contribution < -0.4 is 5.32 Å². The molecule has 0 aliphatic carbocycles. The van der Waals surface area contributed by atoms with E-state index in [1.165, 1.54) is 24.3 Å². The Morgan fingerprint density at radius 2 is 1.84 bits per heavy atom. The Labute approximate surface area is 179 Å². The van der Waals surface area contributed by atoms with Crippen molar-refractivity contribution in [3.8, 4) is 5.69 Å². The Bertz CT molecular complexity index is 1200. The van der Waals surface area contributed by atoms with Crippen molar-refractivity contribution in [3.05, 3.63) is 95.0 Å². The number of carbonyl (C=O) groups is 1. The van der Waals surface area contributed by atoms with Gasteiger partial charge in [0.15, 0.2) is 5.69 Å². The molecule has 0 radical (unpaired) electrons. The van der Waals surface area contributed by atoms with E-state index in [0.29, 0.717) is 21.9 Å². The molecule has 2 aromatic carbocycles. The molecule has 0 spiro atoms. The maximum atomic E-state index is 13.8. The molecule has 6 nitrogen and oxygen atoms in total. The molecule has 0 fully saturated rings. The van der Waals surface area contributed by atoms with Gasteiger partial charge in [0.2, 0.25) is 0 Å². The standard InChI is InChI=1S/C21H15ClF3N5O/c22-15-5-7-17(8-6-15)30-19(21(23,24)25)18(12-27-30)20(31)28-16-4-1-3-14(11-16)13-29-10-2-9-26-29/h1-12H,13H2,(H,28,31). The van der Waals surface area contributed by atoms with Gasteiger partial charge in [-0.25, -0.2) is 4.68 Å². The Hall–Kier alpha value is -3.59. The summed E-state index contributed by atoms with van der Waals surface area (Å²) < 4.78 is 43.8. The van der Waals surface area contributed by atoms with Gasteiger partial charge in [-0.05, 0) is 48.0 Å². The van der Waals surface area contributed by atoms with Crippen molar-refractivity contribution >= 4 is 23.2 Å². The lowest BCUT2D eigenvalue weighted by atomic mass is 10.1. The Kier molecular flexibility index (Phi) is 5.51. The SMILES string of the molecule is O=C(Nc1cccc(Cn2cccn2)c1)c1cnn(-c2ccc(Cl)cc2)c1C(F)(F)F. The number of hydrogen-bond acceptors (Lipinski definition) is 3. The highest BCUT2D eigenvalue weighted by atomic mass is 35.5. The van der Waals surface area contributed by atoms with Crippen molar-refractivity contribution in [3.63, 3.8) is 0 Å². The summed E-state index contributed by atoms with van der Waals surface area (Å²) in [6.45, 7) is 0.457. The third-order valence-corrected chi connectivity index (χ3v) is 4.69. The van der Waals surface area contributed by atoms with Crippen molar-refractivity contribution in [2.24, 2.45) is 0 Å². The van der Waals surface area contributed by atoms with Crippen LogP contribution in [0.15, 0.2) is 73.2 Å². The van der Waals surface area contributed by atoms with E-state index in [1.54, 1.807) is 41.3 Å². The van der Waals surface area contributed by atoms with Crippen LogP contribution in [0.5, 0.6) is 0 Å². The average Bonchev–Trinajstić information content (AvgIpc) is 3.38. The molecule has 4 aromatic rings. The van der Waals surface area contributed by atoms with E-state index in [-0.39, 0.29) is 5.69 Å². The fraction of sp³-hybridized carbons (Fsp3) is 0.0952. The molecule has 0 saturated carbocycles. The van der Waals surface area contributed by atoms with Crippen LogP contribution in [-0.2, 0) is 12.7 Å². The van der Waals surface area contributed by atoms with Crippen LogP contribution in [0, 0.1) is 0 Å². The van der Waals surface area contributed by atoms with Gasteiger partial charge in [0.25, 0.3) is 5.91 Å². The fourth-order valence-corrected chi connectivity index (χ4v) is 3.22. The number of benzene rings is 2. The topological polar surface area (TPSA) is 64.7 Å². The molecule has 4 rings (SSSR count). The van der Waals surface area contributed by atoms with Gasteiger partial charge < -0.3 is 5.32 Å². The zero-order valence-corrected chi connectivity index (χ0v) is 16.6. The van der Waals surface area contributed by atoms with E-state index in [9.17, 15) is 18.0 Å². The van der Waals surface area contributed by atoms with E-state index in [0.717, 1.165) is 11.8 Å². The van der Waals surface area contributed by atoms with Crippen molar-refractivity contribution in [1.29, 1.82) is 0 Å². The van der Waals surface area contributed by atoms with Crippen LogP contribution in [0.1, 0.15) is 21.6 Å². The minimum Gasteiger partial charge on any atom is -0.322 e. The number of alkyl halides is 3. The zero-order valence-electron chi connectivity index (χ0n) is 15.8. The monoisotopic (exact) mass is 445 g/mol. The predicted molar refractivity (Wildman–Crippen MR) is 109 cm³/mol. The van der Waals surface area contributed by atoms with Gasteiger partial charge >= 0.3 is 6.18 Å². The van der Waals surface area contributed by atoms with E-state index < -0.39 is 23.3 Å².